The SMILES string of the molecule is Cc1ccnc(NCCNC(=O)c2ccc(C)c(NC(=O)C3CC3)c2)c1. The summed E-state index contributed by atoms with van der Waals surface area (Å²) < 4.78 is 0. The molecule has 1 aliphatic rings. The molecule has 26 heavy (non-hydrogen) atoms. The molecule has 1 saturated carbocycles. The van der Waals surface area contributed by atoms with Crippen LogP contribution < -0.4 is 16.0 Å². The summed E-state index contributed by atoms with van der Waals surface area (Å²) in [5.41, 5.74) is 3.32. The first kappa shape index (κ1) is 17.9. The molecule has 2 aromatic rings. The third-order valence-corrected chi connectivity index (χ3v) is 4.34. The van der Waals surface area contributed by atoms with E-state index in [0.29, 0.717) is 24.3 Å². The van der Waals surface area contributed by atoms with Crippen molar-refractivity contribution in [2.24, 2.45) is 5.92 Å². The fraction of sp³-hybridized carbons (Fsp3) is 0.350. The second kappa shape index (κ2) is 7.99. The molecule has 0 unspecified atom stereocenters. The number of pyridine rings is 1. The van der Waals surface area contributed by atoms with Gasteiger partial charge in [-0.25, -0.2) is 4.98 Å². The van der Waals surface area contributed by atoms with Crippen molar-refractivity contribution >= 4 is 23.3 Å². The first-order chi connectivity index (χ1) is 12.5. The van der Waals surface area contributed by atoms with E-state index in [2.05, 4.69) is 20.9 Å². The van der Waals surface area contributed by atoms with Gasteiger partial charge < -0.3 is 16.0 Å². The average molecular weight is 352 g/mol. The molecule has 1 aromatic heterocycles. The Balaban J connectivity index is 1.51. The molecule has 1 aliphatic carbocycles. The maximum Gasteiger partial charge on any atom is 0.251 e. The largest absolute Gasteiger partial charge is 0.368 e. The molecule has 1 fully saturated rings. The molecule has 3 N–H and O–H groups in total. The number of aromatic nitrogens is 1. The number of carbonyl (C=O) groups excluding carboxylic acids is 2. The van der Waals surface area contributed by atoms with Crippen LogP contribution in [-0.4, -0.2) is 29.9 Å². The van der Waals surface area contributed by atoms with Gasteiger partial charge in [0.25, 0.3) is 5.91 Å². The number of aryl methyl sites for hydroxylation is 2. The van der Waals surface area contributed by atoms with Crippen molar-refractivity contribution in [2.75, 3.05) is 23.7 Å². The van der Waals surface area contributed by atoms with E-state index >= 15 is 0 Å². The van der Waals surface area contributed by atoms with Crippen molar-refractivity contribution in [3.63, 3.8) is 0 Å². The van der Waals surface area contributed by atoms with Crippen LogP contribution in [0.1, 0.15) is 34.3 Å². The first-order valence-electron chi connectivity index (χ1n) is 8.89. The molecule has 2 amide bonds. The highest BCUT2D eigenvalue weighted by atomic mass is 16.2. The lowest BCUT2D eigenvalue weighted by Gasteiger charge is -2.11. The molecule has 0 spiro atoms. The maximum absolute atomic E-state index is 12.3. The zero-order valence-corrected chi connectivity index (χ0v) is 15.1. The number of hydrogen-bond donors (Lipinski definition) is 3. The van der Waals surface area contributed by atoms with Crippen LogP contribution in [0.4, 0.5) is 11.5 Å². The molecule has 6 heteroatoms. The predicted molar refractivity (Wildman–Crippen MR) is 102 cm³/mol. The summed E-state index contributed by atoms with van der Waals surface area (Å²) in [6, 6.07) is 9.25. The minimum absolute atomic E-state index is 0.0421. The molecule has 0 bridgehead atoms. The number of hydrogen-bond acceptors (Lipinski definition) is 4. The number of carbonyl (C=O) groups is 2. The molecule has 1 heterocycles. The van der Waals surface area contributed by atoms with Gasteiger partial charge in [-0.2, -0.15) is 0 Å². The van der Waals surface area contributed by atoms with E-state index in [9.17, 15) is 9.59 Å². The van der Waals surface area contributed by atoms with Crippen molar-refractivity contribution in [1.29, 1.82) is 0 Å². The molecule has 6 nitrogen and oxygen atoms in total. The van der Waals surface area contributed by atoms with Crippen molar-refractivity contribution in [1.82, 2.24) is 10.3 Å². The number of nitrogens with one attached hydrogen (secondary N) is 3. The Kier molecular flexibility index (Phi) is 5.51. The Labute approximate surface area is 153 Å². The Bertz CT molecular complexity index is 815. The molecule has 136 valence electrons. The fourth-order valence-corrected chi connectivity index (χ4v) is 2.58. The second-order valence-corrected chi connectivity index (χ2v) is 6.69. The van der Waals surface area contributed by atoms with Crippen LogP contribution >= 0.6 is 0 Å². The summed E-state index contributed by atoms with van der Waals surface area (Å²) in [5.74, 6) is 0.805. The quantitative estimate of drug-likeness (QED) is 0.669. The van der Waals surface area contributed by atoms with Crippen molar-refractivity contribution < 1.29 is 9.59 Å². The van der Waals surface area contributed by atoms with E-state index in [-0.39, 0.29) is 17.7 Å². The number of nitrogens with zero attached hydrogens (tertiary/aromatic N) is 1. The van der Waals surface area contributed by atoms with Gasteiger partial charge in [0.15, 0.2) is 0 Å². The Morgan fingerprint density at radius 1 is 1.12 bits per heavy atom. The van der Waals surface area contributed by atoms with E-state index in [0.717, 1.165) is 29.8 Å². The number of amides is 2. The lowest BCUT2D eigenvalue weighted by Crippen LogP contribution is -2.29. The van der Waals surface area contributed by atoms with Crippen LogP contribution in [0.2, 0.25) is 0 Å². The molecule has 0 aliphatic heterocycles. The monoisotopic (exact) mass is 352 g/mol. The highest BCUT2D eigenvalue weighted by molar-refractivity contribution is 5.98. The Morgan fingerprint density at radius 3 is 2.65 bits per heavy atom. The van der Waals surface area contributed by atoms with Gasteiger partial charge in [-0.1, -0.05) is 6.07 Å². The van der Waals surface area contributed by atoms with Gasteiger partial charge in [0.1, 0.15) is 5.82 Å². The van der Waals surface area contributed by atoms with Crippen LogP contribution in [0.25, 0.3) is 0 Å². The van der Waals surface area contributed by atoms with Crippen molar-refractivity contribution in [3.8, 4) is 0 Å². The van der Waals surface area contributed by atoms with E-state index < -0.39 is 0 Å². The summed E-state index contributed by atoms with van der Waals surface area (Å²) in [4.78, 5) is 28.5. The normalized spacial score (nSPS) is 13.2. The summed E-state index contributed by atoms with van der Waals surface area (Å²) in [6.45, 7) is 4.99. The number of anilines is 2. The Hall–Kier alpha value is -2.89. The third-order valence-electron chi connectivity index (χ3n) is 4.34. The standard InChI is InChI=1S/C20H24N4O2/c1-13-7-8-21-18(11-13)22-9-10-23-19(25)16-4-3-14(2)17(12-16)24-20(26)15-5-6-15/h3-4,7-8,11-12,15H,5-6,9-10H2,1-2H3,(H,21,22)(H,23,25)(H,24,26). The molecule has 3 rings (SSSR count). The third kappa shape index (κ3) is 4.81. The molecule has 1 aromatic carbocycles. The Morgan fingerprint density at radius 2 is 1.92 bits per heavy atom. The van der Waals surface area contributed by atoms with Gasteiger partial charge in [-0.15, -0.1) is 0 Å². The lowest BCUT2D eigenvalue weighted by atomic mass is 10.1. The molecular weight excluding hydrogens is 328 g/mol. The smallest absolute Gasteiger partial charge is 0.251 e. The zero-order valence-electron chi connectivity index (χ0n) is 15.1. The van der Waals surface area contributed by atoms with Crippen molar-refractivity contribution in [3.05, 3.63) is 53.2 Å². The molecule has 0 radical (unpaired) electrons. The summed E-state index contributed by atoms with van der Waals surface area (Å²) in [7, 11) is 0. The van der Waals surface area contributed by atoms with Crippen LogP contribution in [0.15, 0.2) is 36.5 Å². The molecule has 0 saturated heterocycles. The van der Waals surface area contributed by atoms with Gasteiger partial charge in [-0.3, -0.25) is 9.59 Å². The zero-order chi connectivity index (χ0) is 18.5. The van der Waals surface area contributed by atoms with Crippen LogP contribution in [0.5, 0.6) is 0 Å². The second-order valence-electron chi connectivity index (χ2n) is 6.69. The lowest BCUT2D eigenvalue weighted by molar-refractivity contribution is -0.117. The van der Waals surface area contributed by atoms with Gasteiger partial charge in [0.2, 0.25) is 5.91 Å². The highest BCUT2D eigenvalue weighted by Crippen LogP contribution is 2.30. The van der Waals surface area contributed by atoms with E-state index in [4.69, 9.17) is 0 Å². The molecular formula is C20H24N4O2. The summed E-state index contributed by atoms with van der Waals surface area (Å²) in [5, 5.41) is 8.97. The highest BCUT2D eigenvalue weighted by Gasteiger charge is 2.29. The number of rotatable bonds is 7. The minimum Gasteiger partial charge on any atom is -0.368 e. The van der Waals surface area contributed by atoms with E-state index in [1.54, 1.807) is 18.3 Å². The topological polar surface area (TPSA) is 83.1 Å². The van der Waals surface area contributed by atoms with Crippen LogP contribution in [0.3, 0.4) is 0 Å². The number of benzene rings is 1. The van der Waals surface area contributed by atoms with Gasteiger partial charge in [0.05, 0.1) is 0 Å². The van der Waals surface area contributed by atoms with Crippen molar-refractivity contribution in [2.45, 2.75) is 26.7 Å². The summed E-state index contributed by atoms with van der Waals surface area (Å²) >= 11 is 0. The maximum atomic E-state index is 12.3. The first-order valence-corrected chi connectivity index (χ1v) is 8.89. The summed E-state index contributed by atoms with van der Waals surface area (Å²) in [6.07, 6.45) is 3.65. The van der Waals surface area contributed by atoms with E-state index in [1.165, 1.54) is 0 Å². The van der Waals surface area contributed by atoms with Crippen LogP contribution in [0, 0.1) is 19.8 Å². The van der Waals surface area contributed by atoms with Gasteiger partial charge in [-0.05, 0) is 62.1 Å². The average Bonchev–Trinajstić information content (AvgIpc) is 3.45. The van der Waals surface area contributed by atoms with E-state index in [1.807, 2.05) is 32.0 Å². The van der Waals surface area contributed by atoms with Gasteiger partial charge >= 0.3 is 0 Å². The van der Waals surface area contributed by atoms with Crippen LogP contribution in [-0.2, 0) is 4.79 Å². The fourth-order valence-electron chi connectivity index (χ4n) is 2.58. The predicted octanol–water partition coefficient (Wildman–Crippen LogP) is 2.89. The van der Waals surface area contributed by atoms with Gasteiger partial charge in [0, 0.05) is 36.5 Å². The minimum atomic E-state index is -0.161. The molecule has 0 atom stereocenters.